The number of rotatable bonds is 9. The molecule has 0 radical (unpaired) electrons. The average Bonchev–Trinajstić information content (AvgIpc) is 3.25. The molecule has 1 N–H and O–H groups in total. The van der Waals surface area contributed by atoms with Crippen molar-refractivity contribution in [1.82, 2.24) is 5.32 Å². The minimum atomic E-state index is 0.568. The predicted molar refractivity (Wildman–Crippen MR) is 83.0 cm³/mol. The minimum Gasteiger partial charge on any atom is -0.467 e. The average molecular weight is 285 g/mol. The standard InChI is InChI=1S/C18H23NO2/c1-2-5-15(6-3-1)7-4-10-20-14-18-11-16(13-21-18)12-19-17-8-9-17/h1-3,5-6,11,13,17,19H,4,7-10,12,14H2. The second-order valence-corrected chi connectivity index (χ2v) is 5.72. The summed E-state index contributed by atoms with van der Waals surface area (Å²) in [4.78, 5) is 0. The summed E-state index contributed by atoms with van der Waals surface area (Å²) in [6.07, 6.45) is 6.57. The second-order valence-electron chi connectivity index (χ2n) is 5.72. The summed E-state index contributed by atoms with van der Waals surface area (Å²) in [5, 5.41) is 3.48. The maximum absolute atomic E-state index is 5.68. The number of nitrogens with one attached hydrogen (secondary N) is 1. The van der Waals surface area contributed by atoms with Gasteiger partial charge < -0.3 is 14.5 Å². The molecule has 1 fully saturated rings. The Morgan fingerprint density at radius 2 is 2.00 bits per heavy atom. The van der Waals surface area contributed by atoms with Crippen LogP contribution in [0.1, 0.15) is 36.1 Å². The number of hydrogen-bond donors (Lipinski definition) is 1. The van der Waals surface area contributed by atoms with E-state index in [1.54, 1.807) is 0 Å². The highest BCUT2D eigenvalue weighted by Crippen LogP contribution is 2.19. The molecule has 21 heavy (non-hydrogen) atoms. The van der Waals surface area contributed by atoms with Crippen LogP contribution in [0.5, 0.6) is 0 Å². The van der Waals surface area contributed by atoms with Crippen molar-refractivity contribution >= 4 is 0 Å². The fourth-order valence-electron chi connectivity index (χ4n) is 2.34. The highest BCUT2D eigenvalue weighted by Gasteiger charge is 2.20. The lowest BCUT2D eigenvalue weighted by Crippen LogP contribution is -2.14. The SMILES string of the molecule is c1ccc(CCCOCc2cc(CNC3CC3)co2)cc1. The Kier molecular flexibility index (Phi) is 5.08. The molecule has 2 aromatic rings. The third kappa shape index (κ3) is 5.03. The van der Waals surface area contributed by atoms with E-state index in [0.717, 1.165) is 37.8 Å². The summed E-state index contributed by atoms with van der Waals surface area (Å²) in [5.74, 6) is 0.919. The third-order valence-electron chi connectivity index (χ3n) is 3.72. The number of furan rings is 1. The van der Waals surface area contributed by atoms with Crippen molar-refractivity contribution in [2.45, 2.75) is 44.9 Å². The molecule has 112 valence electrons. The summed E-state index contributed by atoms with van der Waals surface area (Å²) in [6.45, 7) is 2.24. The van der Waals surface area contributed by atoms with Crippen LogP contribution in [0.25, 0.3) is 0 Å². The quantitative estimate of drug-likeness (QED) is 0.714. The van der Waals surface area contributed by atoms with Gasteiger partial charge in [-0.3, -0.25) is 0 Å². The lowest BCUT2D eigenvalue weighted by atomic mass is 10.1. The monoisotopic (exact) mass is 285 g/mol. The van der Waals surface area contributed by atoms with Gasteiger partial charge in [0.05, 0.1) is 6.26 Å². The molecule has 0 bridgehead atoms. The molecule has 1 saturated carbocycles. The van der Waals surface area contributed by atoms with Gasteiger partial charge in [0.1, 0.15) is 12.4 Å². The van der Waals surface area contributed by atoms with E-state index >= 15 is 0 Å². The van der Waals surface area contributed by atoms with Crippen LogP contribution in [0.15, 0.2) is 47.1 Å². The summed E-state index contributed by atoms with van der Waals surface area (Å²) in [5.41, 5.74) is 2.58. The van der Waals surface area contributed by atoms with E-state index in [0.29, 0.717) is 6.61 Å². The van der Waals surface area contributed by atoms with Crippen LogP contribution in [-0.4, -0.2) is 12.6 Å². The van der Waals surface area contributed by atoms with Crippen LogP contribution in [0, 0.1) is 0 Å². The van der Waals surface area contributed by atoms with E-state index in [2.05, 4.69) is 35.6 Å². The van der Waals surface area contributed by atoms with Crippen molar-refractivity contribution in [2.24, 2.45) is 0 Å². The summed E-state index contributed by atoms with van der Waals surface area (Å²) in [7, 11) is 0. The van der Waals surface area contributed by atoms with Gasteiger partial charge in [0, 0.05) is 24.8 Å². The van der Waals surface area contributed by atoms with Crippen LogP contribution in [-0.2, 0) is 24.3 Å². The molecule has 0 spiro atoms. The van der Waals surface area contributed by atoms with Crippen molar-refractivity contribution in [2.75, 3.05) is 6.61 Å². The maximum atomic E-state index is 5.68. The molecule has 1 heterocycles. The molecule has 0 amide bonds. The summed E-state index contributed by atoms with van der Waals surface area (Å²) < 4.78 is 11.2. The van der Waals surface area contributed by atoms with Crippen LogP contribution >= 0.6 is 0 Å². The maximum Gasteiger partial charge on any atom is 0.129 e. The Morgan fingerprint density at radius 1 is 1.14 bits per heavy atom. The Labute approximate surface area is 126 Å². The first-order chi connectivity index (χ1) is 10.4. The molecule has 3 heteroatoms. The molecular formula is C18H23NO2. The van der Waals surface area contributed by atoms with Gasteiger partial charge in [-0.15, -0.1) is 0 Å². The van der Waals surface area contributed by atoms with E-state index in [1.165, 1.54) is 24.0 Å². The van der Waals surface area contributed by atoms with Crippen molar-refractivity contribution in [3.63, 3.8) is 0 Å². The van der Waals surface area contributed by atoms with Gasteiger partial charge >= 0.3 is 0 Å². The lowest BCUT2D eigenvalue weighted by Gasteiger charge is -2.02. The Bertz CT molecular complexity index is 531. The Hall–Kier alpha value is -1.58. The minimum absolute atomic E-state index is 0.568. The van der Waals surface area contributed by atoms with E-state index in [4.69, 9.17) is 9.15 Å². The fourth-order valence-corrected chi connectivity index (χ4v) is 2.34. The zero-order valence-corrected chi connectivity index (χ0v) is 12.4. The first-order valence-electron chi connectivity index (χ1n) is 7.81. The number of aryl methyl sites for hydroxylation is 1. The number of hydrogen-bond acceptors (Lipinski definition) is 3. The van der Waals surface area contributed by atoms with E-state index < -0.39 is 0 Å². The lowest BCUT2D eigenvalue weighted by molar-refractivity contribution is 0.104. The molecule has 0 unspecified atom stereocenters. The highest BCUT2D eigenvalue weighted by atomic mass is 16.5. The van der Waals surface area contributed by atoms with Gasteiger partial charge in [-0.25, -0.2) is 0 Å². The van der Waals surface area contributed by atoms with Crippen molar-refractivity contribution in [3.05, 3.63) is 59.5 Å². The second kappa shape index (κ2) is 7.43. The number of benzene rings is 1. The first kappa shape index (κ1) is 14.4. The van der Waals surface area contributed by atoms with Gasteiger partial charge in [-0.2, -0.15) is 0 Å². The number of ether oxygens (including phenoxy) is 1. The van der Waals surface area contributed by atoms with E-state index in [1.807, 2.05) is 12.3 Å². The van der Waals surface area contributed by atoms with Crippen LogP contribution in [0.4, 0.5) is 0 Å². The summed E-state index contributed by atoms with van der Waals surface area (Å²) in [6, 6.07) is 13.3. The van der Waals surface area contributed by atoms with Crippen LogP contribution in [0.3, 0.4) is 0 Å². The Balaban J connectivity index is 1.30. The molecule has 0 atom stereocenters. The predicted octanol–water partition coefficient (Wildman–Crippen LogP) is 3.68. The van der Waals surface area contributed by atoms with E-state index in [9.17, 15) is 0 Å². The molecule has 1 aliphatic rings. The van der Waals surface area contributed by atoms with Gasteiger partial charge in [0.25, 0.3) is 0 Å². The fraction of sp³-hybridized carbons (Fsp3) is 0.444. The van der Waals surface area contributed by atoms with Crippen LogP contribution in [0.2, 0.25) is 0 Å². The molecule has 0 saturated heterocycles. The topological polar surface area (TPSA) is 34.4 Å². The molecule has 3 nitrogen and oxygen atoms in total. The van der Waals surface area contributed by atoms with E-state index in [-0.39, 0.29) is 0 Å². The normalized spacial score (nSPS) is 14.5. The first-order valence-corrected chi connectivity index (χ1v) is 7.81. The van der Waals surface area contributed by atoms with Gasteiger partial charge in [-0.05, 0) is 37.3 Å². The summed E-state index contributed by atoms with van der Waals surface area (Å²) >= 11 is 0. The molecule has 3 rings (SSSR count). The van der Waals surface area contributed by atoms with Crippen LogP contribution < -0.4 is 5.32 Å². The van der Waals surface area contributed by atoms with Crippen molar-refractivity contribution in [1.29, 1.82) is 0 Å². The largest absolute Gasteiger partial charge is 0.467 e. The molecule has 1 aromatic carbocycles. The van der Waals surface area contributed by atoms with Gasteiger partial charge in [0.15, 0.2) is 0 Å². The molecule has 0 aliphatic heterocycles. The zero-order chi connectivity index (χ0) is 14.3. The molecular weight excluding hydrogens is 262 g/mol. The molecule has 1 aliphatic carbocycles. The Morgan fingerprint density at radius 3 is 2.81 bits per heavy atom. The van der Waals surface area contributed by atoms with Crippen molar-refractivity contribution in [3.8, 4) is 0 Å². The zero-order valence-electron chi connectivity index (χ0n) is 12.4. The third-order valence-corrected chi connectivity index (χ3v) is 3.72. The van der Waals surface area contributed by atoms with Gasteiger partial charge in [0.2, 0.25) is 0 Å². The smallest absolute Gasteiger partial charge is 0.129 e. The molecule has 1 aromatic heterocycles. The van der Waals surface area contributed by atoms with Gasteiger partial charge in [-0.1, -0.05) is 30.3 Å². The highest BCUT2D eigenvalue weighted by molar-refractivity contribution is 5.14. The van der Waals surface area contributed by atoms with Crippen molar-refractivity contribution < 1.29 is 9.15 Å².